The lowest BCUT2D eigenvalue weighted by atomic mass is 10.0. The van der Waals surface area contributed by atoms with Crippen LogP contribution in [0.3, 0.4) is 0 Å². The quantitative estimate of drug-likeness (QED) is 0.655. The minimum atomic E-state index is 0.700. The summed E-state index contributed by atoms with van der Waals surface area (Å²) >= 11 is 1.74. The molecule has 0 saturated carbocycles. The molecule has 3 rings (SSSR count). The van der Waals surface area contributed by atoms with E-state index >= 15 is 0 Å². The number of benzene rings is 1. The Morgan fingerprint density at radius 2 is 1.95 bits per heavy atom. The number of fused-ring (bicyclic) bond motifs is 1. The first-order chi connectivity index (χ1) is 9.29. The molecule has 0 aliphatic heterocycles. The molecule has 19 heavy (non-hydrogen) atoms. The Hall–Kier alpha value is -2.05. The molecular weight excluding hydrogens is 252 g/mol. The van der Waals surface area contributed by atoms with Crippen molar-refractivity contribution in [2.24, 2.45) is 0 Å². The number of aryl methyl sites for hydroxylation is 1. The van der Waals surface area contributed by atoms with Crippen LogP contribution in [0.15, 0.2) is 35.8 Å². The van der Waals surface area contributed by atoms with E-state index in [4.69, 9.17) is 5.26 Å². The van der Waals surface area contributed by atoms with Crippen LogP contribution in [-0.2, 0) is 0 Å². The van der Waals surface area contributed by atoms with Crippen molar-refractivity contribution in [2.75, 3.05) is 0 Å². The maximum atomic E-state index is 8.95. The predicted molar refractivity (Wildman–Crippen MR) is 82.4 cm³/mol. The van der Waals surface area contributed by atoms with Crippen LogP contribution >= 0.6 is 11.3 Å². The molecule has 0 saturated heterocycles. The number of aromatic nitrogens is 1. The second-order valence-electron chi connectivity index (χ2n) is 3.96. The van der Waals surface area contributed by atoms with E-state index < -0.39 is 0 Å². The molecular formula is C16H16N2S. The molecule has 3 heteroatoms. The molecule has 1 N–H and O–H groups in total. The SMILES string of the molecule is CC.Cc1sccc1-c1c[nH]c2ccc(C#N)cc12. The smallest absolute Gasteiger partial charge is 0.0991 e. The van der Waals surface area contributed by atoms with Crippen molar-refractivity contribution < 1.29 is 0 Å². The maximum Gasteiger partial charge on any atom is 0.0991 e. The van der Waals surface area contributed by atoms with Gasteiger partial charge in [0.25, 0.3) is 0 Å². The number of H-pyrrole nitrogens is 1. The van der Waals surface area contributed by atoms with Crippen LogP contribution in [-0.4, -0.2) is 4.98 Å². The molecule has 2 aromatic heterocycles. The fourth-order valence-corrected chi connectivity index (χ4v) is 2.79. The van der Waals surface area contributed by atoms with E-state index in [2.05, 4.69) is 29.4 Å². The largest absolute Gasteiger partial charge is 0.361 e. The van der Waals surface area contributed by atoms with Gasteiger partial charge in [-0.1, -0.05) is 13.8 Å². The van der Waals surface area contributed by atoms with Crippen molar-refractivity contribution in [2.45, 2.75) is 20.8 Å². The Kier molecular flexibility index (Phi) is 4.03. The average Bonchev–Trinajstić information content (AvgIpc) is 3.06. The zero-order valence-electron chi connectivity index (χ0n) is 11.3. The summed E-state index contributed by atoms with van der Waals surface area (Å²) in [7, 11) is 0. The van der Waals surface area contributed by atoms with E-state index in [0.29, 0.717) is 5.56 Å². The van der Waals surface area contributed by atoms with Gasteiger partial charge in [-0.05, 0) is 42.1 Å². The molecule has 0 bridgehead atoms. The predicted octanol–water partition coefficient (Wildman–Crippen LogP) is 5.10. The summed E-state index contributed by atoms with van der Waals surface area (Å²) in [5.41, 5.74) is 4.20. The van der Waals surface area contributed by atoms with Gasteiger partial charge in [0.05, 0.1) is 11.6 Å². The normalized spacial score (nSPS) is 9.79. The zero-order valence-corrected chi connectivity index (χ0v) is 12.1. The second-order valence-corrected chi connectivity index (χ2v) is 5.09. The van der Waals surface area contributed by atoms with Crippen LogP contribution < -0.4 is 0 Å². The third-order valence-electron chi connectivity index (χ3n) is 2.96. The summed E-state index contributed by atoms with van der Waals surface area (Å²) in [6, 6.07) is 10.0. The van der Waals surface area contributed by atoms with Crippen LogP contribution in [0.25, 0.3) is 22.0 Å². The van der Waals surface area contributed by atoms with Gasteiger partial charge in [-0.25, -0.2) is 0 Å². The maximum absolute atomic E-state index is 8.95. The van der Waals surface area contributed by atoms with Gasteiger partial charge in [0.2, 0.25) is 0 Å². The van der Waals surface area contributed by atoms with Gasteiger partial charge in [-0.2, -0.15) is 5.26 Å². The lowest BCUT2D eigenvalue weighted by Gasteiger charge is -1.98. The fourth-order valence-electron chi connectivity index (χ4n) is 2.08. The summed E-state index contributed by atoms with van der Waals surface area (Å²) in [5.74, 6) is 0. The number of thiophene rings is 1. The molecule has 2 nitrogen and oxygen atoms in total. The highest BCUT2D eigenvalue weighted by Gasteiger charge is 2.09. The van der Waals surface area contributed by atoms with Crippen molar-refractivity contribution in [3.63, 3.8) is 0 Å². The highest BCUT2D eigenvalue weighted by atomic mass is 32.1. The van der Waals surface area contributed by atoms with E-state index in [-0.39, 0.29) is 0 Å². The van der Waals surface area contributed by atoms with Crippen molar-refractivity contribution in [3.05, 3.63) is 46.3 Å². The van der Waals surface area contributed by atoms with Gasteiger partial charge < -0.3 is 4.98 Å². The molecule has 0 amide bonds. The van der Waals surface area contributed by atoms with Crippen LogP contribution in [0.4, 0.5) is 0 Å². The average molecular weight is 268 g/mol. The number of nitrogens with zero attached hydrogens (tertiary/aromatic N) is 1. The Bertz CT molecular complexity index is 729. The molecule has 0 aliphatic carbocycles. The Morgan fingerprint density at radius 3 is 2.58 bits per heavy atom. The van der Waals surface area contributed by atoms with Gasteiger partial charge in [-0.15, -0.1) is 11.3 Å². The van der Waals surface area contributed by atoms with Crippen LogP contribution in [0, 0.1) is 18.3 Å². The minimum absolute atomic E-state index is 0.700. The first-order valence-corrected chi connectivity index (χ1v) is 7.23. The number of nitriles is 1. The fraction of sp³-hybridized carbons (Fsp3) is 0.188. The van der Waals surface area contributed by atoms with Gasteiger partial charge >= 0.3 is 0 Å². The summed E-state index contributed by atoms with van der Waals surface area (Å²) in [6.07, 6.45) is 2.01. The number of hydrogen-bond donors (Lipinski definition) is 1. The van der Waals surface area contributed by atoms with Gasteiger partial charge in [0.15, 0.2) is 0 Å². The Labute approximate surface area is 117 Å². The minimum Gasteiger partial charge on any atom is -0.361 e. The lowest BCUT2D eigenvalue weighted by Crippen LogP contribution is -1.77. The first-order valence-electron chi connectivity index (χ1n) is 6.35. The van der Waals surface area contributed by atoms with E-state index in [1.807, 2.05) is 38.2 Å². The van der Waals surface area contributed by atoms with Gasteiger partial charge in [0.1, 0.15) is 0 Å². The number of nitrogens with one attached hydrogen (secondary N) is 1. The molecule has 0 radical (unpaired) electrons. The topological polar surface area (TPSA) is 39.6 Å². The van der Waals surface area contributed by atoms with Crippen molar-refractivity contribution >= 4 is 22.2 Å². The van der Waals surface area contributed by atoms with E-state index in [1.165, 1.54) is 16.0 Å². The van der Waals surface area contributed by atoms with Crippen molar-refractivity contribution in [3.8, 4) is 17.2 Å². The second kappa shape index (κ2) is 5.73. The van der Waals surface area contributed by atoms with Crippen LogP contribution in [0.1, 0.15) is 24.3 Å². The van der Waals surface area contributed by atoms with Crippen LogP contribution in [0.2, 0.25) is 0 Å². The number of aromatic amines is 1. The lowest BCUT2D eigenvalue weighted by molar-refractivity contribution is 1.46. The number of hydrogen-bond acceptors (Lipinski definition) is 2. The molecule has 1 aromatic carbocycles. The monoisotopic (exact) mass is 268 g/mol. The third kappa shape index (κ3) is 2.40. The highest BCUT2D eigenvalue weighted by molar-refractivity contribution is 7.10. The molecule has 2 heterocycles. The van der Waals surface area contributed by atoms with E-state index in [1.54, 1.807) is 11.3 Å². The molecule has 0 spiro atoms. The Balaban J connectivity index is 0.000000637. The molecule has 0 fully saturated rings. The first kappa shape index (κ1) is 13.4. The standard InChI is InChI=1S/C14H10N2S.C2H6/c1-9-11(4-5-17-9)13-8-16-14-3-2-10(7-15)6-12(13)14;1-2/h2-6,8,16H,1H3;1-2H3. The molecule has 0 aliphatic rings. The van der Waals surface area contributed by atoms with Crippen LogP contribution in [0.5, 0.6) is 0 Å². The summed E-state index contributed by atoms with van der Waals surface area (Å²) in [6.45, 7) is 6.12. The summed E-state index contributed by atoms with van der Waals surface area (Å²) < 4.78 is 0. The molecule has 96 valence electrons. The third-order valence-corrected chi connectivity index (χ3v) is 3.81. The summed E-state index contributed by atoms with van der Waals surface area (Å²) in [4.78, 5) is 4.55. The van der Waals surface area contributed by atoms with Crippen molar-refractivity contribution in [1.82, 2.24) is 4.98 Å². The highest BCUT2D eigenvalue weighted by Crippen LogP contribution is 2.33. The van der Waals surface area contributed by atoms with Gasteiger partial charge in [-0.3, -0.25) is 0 Å². The van der Waals surface area contributed by atoms with Gasteiger partial charge in [0, 0.05) is 27.5 Å². The molecule has 3 aromatic rings. The number of rotatable bonds is 1. The molecule has 0 unspecified atom stereocenters. The van der Waals surface area contributed by atoms with E-state index in [9.17, 15) is 0 Å². The summed E-state index contributed by atoms with van der Waals surface area (Å²) in [5, 5.41) is 12.2. The molecule has 0 atom stereocenters. The Morgan fingerprint density at radius 1 is 1.16 bits per heavy atom. The zero-order chi connectivity index (χ0) is 13.8. The van der Waals surface area contributed by atoms with E-state index in [0.717, 1.165) is 10.9 Å². The van der Waals surface area contributed by atoms with Crippen molar-refractivity contribution in [1.29, 1.82) is 5.26 Å².